The number of ether oxygens (including phenoxy) is 3. The molecule has 2 amide bonds. The first-order chi connectivity index (χ1) is 18.9. The summed E-state index contributed by atoms with van der Waals surface area (Å²) in [5.41, 5.74) is 5.86. The summed E-state index contributed by atoms with van der Waals surface area (Å²) in [7, 11) is 0. The van der Waals surface area contributed by atoms with Crippen molar-refractivity contribution in [3.8, 4) is 17.2 Å². The number of carbonyl (C=O) groups excluding carboxylic acids is 2. The lowest BCUT2D eigenvalue weighted by molar-refractivity contribution is -0.122. The molecule has 0 aliphatic carbocycles. The number of carbonyl (C=O) groups is 2. The minimum Gasteiger partial charge on any atom is -0.491 e. The van der Waals surface area contributed by atoms with Crippen molar-refractivity contribution in [2.24, 2.45) is 0 Å². The maximum atomic E-state index is 14.3. The number of rotatable bonds is 4. The number of amides is 2. The molecule has 7 rings (SSSR count). The van der Waals surface area contributed by atoms with Crippen LogP contribution < -0.4 is 24.4 Å². The second kappa shape index (κ2) is 8.63. The molecule has 1 atom stereocenters. The van der Waals surface area contributed by atoms with Gasteiger partial charge in [0.15, 0.2) is 11.5 Å². The van der Waals surface area contributed by atoms with Crippen LogP contribution in [-0.2, 0) is 16.8 Å². The zero-order valence-electron chi connectivity index (χ0n) is 21.6. The quantitative estimate of drug-likeness (QED) is 0.386. The Morgan fingerprint density at radius 3 is 2.44 bits per heavy atom. The number of fused-ring (bicyclic) bond motifs is 5. The highest BCUT2D eigenvalue weighted by Crippen LogP contribution is 2.55. The zero-order valence-corrected chi connectivity index (χ0v) is 21.6. The van der Waals surface area contributed by atoms with E-state index in [1.165, 1.54) is 0 Å². The van der Waals surface area contributed by atoms with Gasteiger partial charge in [-0.15, -0.1) is 0 Å². The summed E-state index contributed by atoms with van der Waals surface area (Å²) < 4.78 is 17.2. The standard InChI is InChI=1S/C32H26N2O5/c1-19-10-20(2)12-23(11-19)33-30(35)22-7-5-6-21(13-22)16-34-26-9-4-3-8-24(26)32(31(34)36)17-37-27-15-29-28(14-25(27)32)38-18-39-29/h3-15H,16-18H2,1-2H3,(H,33,35). The molecule has 4 aromatic carbocycles. The van der Waals surface area contributed by atoms with Gasteiger partial charge in [-0.3, -0.25) is 9.59 Å². The third-order valence-corrected chi connectivity index (χ3v) is 7.65. The van der Waals surface area contributed by atoms with Gasteiger partial charge in [-0.05, 0) is 72.5 Å². The van der Waals surface area contributed by atoms with Crippen LogP contribution in [0, 0.1) is 13.8 Å². The molecular weight excluding hydrogens is 492 g/mol. The van der Waals surface area contributed by atoms with Crippen molar-refractivity contribution in [3.63, 3.8) is 0 Å². The molecule has 1 unspecified atom stereocenters. The summed E-state index contributed by atoms with van der Waals surface area (Å²) in [5.74, 6) is 1.61. The van der Waals surface area contributed by atoms with Gasteiger partial charge in [-0.25, -0.2) is 0 Å². The minimum absolute atomic E-state index is 0.0635. The Hall–Kier alpha value is -4.78. The maximum Gasteiger partial charge on any atom is 0.255 e. The summed E-state index contributed by atoms with van der Waals surface area (Å²) >= 11 is 0. The topological polar surface area (TPSA) is 77.1 Å². The molecule has 0 saturated heterocycles. The average Bonchev–Trinajstić information content (AvgIpc) is 3.59. The third-order valence-electron chi connectivity index (χ3n) is 7.65. The van der Waals surface area contributed by atoms with Gasteiger partial charge in [0.2, 0.25) is 12.7 Å². The molecule has 3 aliphatic heterocycles. The van der Waals surface area contributed by atoms with Gasteiger partial charge < -0.3 is 24.4 Å². The van der Waals surface area contributed by atoms with E-state index in [1.807, 2.05) is 80.6 Å². The lowest BCUT2D eigenvalue weighted by Crippen LogP contribution is -2.42. The number of nitrogens with one attached hydrogen (secondary N) is 1. The number of hydrogen-bond acceptors (Lipinski definition) is 5. The smallest absolute Gasteiger partial charge is 0.255 e. The molecule has 0 saturated carbocycles. The minimum atomic E-state index is -0.967. The van der Waals surface area contributed by atoms with Crippen molar-refractivity contribution >= 4 is 23.2 Å². The lowest BCUT2D eigenvalue weighted by atomic mass is 9.77. The van der Waals surface area contributed by atoms with E-state index in [1.54, 1.807) is 11.0 Å². The number of para-hydroxylation sites is 1. The second-order valence-corrected chi connectivity index (χ2v) is 10.3. The van der Waals surface area contributed by atoms with E-state index in [2.05, 4.69) is 11.4 Å². The van der Waals surface area contributed by atoms with E-state index in [0.29, 0.717) is 29.4 Å². The number of anilines is 2. The van der Waals surface area contributed by atoms with Gasteiger partial charge in [0, 0.05) is 28.6 Å². The van der Waals surface area contributed by atoms with Crippen molar-refractivity contribution in [2.45, 2.75) is 25.8 Å². The molecule has 7 nitrogen and oxygen atoms in total. The van der Waals surface area contributed by atoms with Crippen molar-refractivity contribution in [1.29, 1.82) is 0 Å². The van der Waals surface area contributed by atoms with E-state index in [9.17, 15) is 9.59 Å². The maximum absolute atomic E-state index is 14.3. The van der Waals surface area contributed by atoms with Crippen LogP contribution in [0.25, 0.3) is 0 Å². The fourth-order valence-corrected chi connectivity index (χ4v) is 5.97. The van der Waals surface area contributed by atoms with Crippen molar-refractivity contribution in [3.05, 3.63) is 112 Å². The van der Waals surface area contributed by atoms with Gasteiger partial charge in [0.1, 0.15) is 17.8 Å². The highest BCUT2D eigenvalue weighted by atomic mass is 16.7. The summed E-state index contributed by atoms with van der Waals surface area (Å²) in [5, 5.41) is 3.00. The highest BCUT2D eigenvalue weighted by molar-refractivity contribution is 6.11. The van der Waals surface area contributed by atoms with Crippen LogP contribution in [0.4, 0.5) is 11.4 Å². The Balaban J connectivity index is 1.21. The average molecular weight is 519 g/mol. The van der Waals surface area contributed by atoms with Crippen molar-refractivity contribution < 1.29 is 23.8 Å². The van der Waals surface area contributed by atoms with Crippen LogP contribution in [-0.4, -0.2) is 25.2 Å². The molecule has 0 radical (unpaired) electrons. The molecule has 0 aromatic heterocycles. The van der Waals surface area contributed by atoms with Crippen LogP contribution >= 0.6 is 0 Å². The lowest BCUT2D eigenvalue weighted by Gasteiger charge is -2.23. The van der Waals surface area contributed by atoms with Crippen molar-refractivity contribution in [2.75, 3.05) is 23.6 Å². The van der Waals surface area contributed by atoms with Crippen LogP contribution in [0.5, 0.6) is 17.2 Å². The fourth-order valence-electron chi connectivity index (χ4n) is 5.97. The van der Waals surface area contributed by atoms with Gasteiger partial charge in [0.05, 0.1) is 6.54 Å². The Morgan fingerprint density at radius 1 is 0.846 bits per heavy atom. The number of benzene rings is 4. The molecule has 0 fully saturated rings. The molecule has 39 heavy (non-hydrogen) atoms. The predicted octanol–water partition coefficient (Wildman–Crippen LogP) is 5.51. The first kappa shape index (κ1) is 23.3. The molecule has 3 aliphatic rings. The summed E-state index contributed by atoms with van der Waals surface area (Å²) in [6.07, 6.45) is 0. The van der Waals surface area contributed by atoms with Crippen LogP contribution in [0.15, 0.2) is 78.9 Å². The summed E-state index contributed by atoms with van der Waals surface area (Å²) in [6, 6.07) is 24.9. The molecular formula is C32H26N2O5. The van der Waals surface area contributed by atoms with Crippen LogP contribution in [0.2, 0.25) is 0 Å². The van der Waals surface area contributed by atoms with Crippen LogP contribution in [0.3, 0.4) is 0 Å². The number of hydrogen-bond donors (Lipinski definition) is 1. The molecule has 4 aromatic rings. The number of aryl methyl sites for hydroxylation is 2. The Morgan fingerprint density at radius 2 is 1.62 bits per heavy atom. The van der Waals surface area contributed by atoms with E-state index >= 15 is 0 Å². The third kappa shape index (κ3) is 3.65. The largest absolute Gasteiger partial charge is 0.491 e. The van der Waals surface area contributed by atoms with Gasteiger partial charge >= 0.3 is 0 Å². The van der Waals surface area contributed by atoms with Gasteiger partial charge in [-0.1, -0.05) is 36.4 Å². The van der Waals surface area contributed by atoms with Gasteiger partial charge in [-0.2, -0.15) is 0 Å². The fraction of sp³-hybridized carbons (Fsp3) is 0.188. The molecule has 1 spiro atoms. The first-order valence-corrected chi connectivity index (χ1v) is 12.9. The molecule has 3 heterocycles. The van der Waals surface area contributed by atoms with E-state index < -0.39 is 5.41 Å². The molecule has 7 heteroatoms. The summed E-state index contributed by atoms with van der Waals surface area (Å²) in [4.78, 5) is 29.2. The summed E-state index contributed by atoms with van der Waals surface area (Å²) in [6.45, 7) is 4.68. The second-order valence-electron chi connectivity index (χ2n) is 10.3. The first-order valence-electron chi connectivity index (χ1n) is 12.9. The van der Waals surface area contributed by atoms with E-state index in [-0.39, 0.29) is 25.2 Å². The zero-order chi connectivity index (χ0) is 26.7. The molecule has 1 N–H and O–H groups in total. The van der Waals surface area contributed by atoms with Crippen molar-refractivity contribution in [1.82, 2.24) is 0 Å². The Labute approximate surface area is 225 Å². The predicted molar refractivity (Wildman–Crippen MR) is 147 cm³/mol. The van der Waals surface area contributed by atoms with E-state index in [4.69, 9.17) is 14.2 Å². The highest BCUT2D eigenvalue weighted by Gasteiger charge is 2.57. The van der Waals surface area contributed by atoms with Gasteiger partial charge in [0.25, 0.3) is 5.91 Å². The van der Waals surface area contributed by atoms with E-state index in [0.717, 1.165) is 39.2 Å². The SMILES string of the molecule is Cc1cc(C)cc(NC(=O)c2cccc(CN3C(=O)C4(COc5cc6c(cc54)OCO6)c4ccccc43)c2)c1. The Bertz CT molecular complexity index is 1660. The normalized spacial score (nSPS) is 18.2. The molecule has 0 bridgehead atoms. The Kier molecular flexibility index (Phi) is 5.17. The number of nitrogens with zero attached hydrogens (tertiary/aromatic N) is 1. The molecule has 194 valence electrons. The monoisotopic (exact) mass is 518 g/mol. The van der Waals surface area contributed by atoms with Crippen LogP contribution in [0.1, 0.15) is 38.2 Å².